The number of hydrogen-bond donors (Lipinski definition) is 0. The molecule has 7 heteroatoms. The standard InChI is InChI=1S/C17H10F3NO3/c18-17(19,20)16-12(21-14(22)9-10-15(21)23)7-4-8-13(16)24-11-5-2-1-3-6-11/h1-10H. The van der Waals surface area contributed by atoms with E-state index in [4.69, 9.17) is 4.74 Å². The van der Waals surface area contributed by atoms with Gasteiger partial charge in [-0.3, -0.25) is 9.59 Å². The van der Waals surface area contributed by atoms with Crippen LogP contribution in [0.4, 0.5) is 18.9 Å². The fourth-order valence-electron chi connectivity index (χ4n) is 2.33. The second-order valence-electron chi connectivity index (χ2n) is 4.91. The Balaban J connectivity index is 2.12. The number of carbonyl (C=O) groups is 2. The number of rotatable bonds is 3. The smallest absolute Gasteiger partial charge is 0.422 e. The zero-order valence-corrected chi connectivity index (χ0v) is 12.1. The Labute approximate surface area is 134 Å². The monoisotopic (exact) mass is 333 g/mol. The second-order valence-corrected chi connectivity index (χ2v) is 4.91. The molecule has 0 spiro atoms. The number of ether oxygens (including phenoxy) is 1. The van der Waals surface area contributed by atoms with E-state index in [-0.39, 0.29) is 5.75 Å². The number of imide groups is 1. The first-order valence-corrected chi connectivity index (χ1v) is 6.87. The van der Waals surface area contributed by atoms with Gasteiger partial charge in [0.05, 0.1) is 5.69 Å². The SMILES string of the molecule is O=C1C=CC(=O)N1c1cccc(Oc2ccccc2)c1C(F)(F)F. The van der Waals surface area contributed by atoms with Crippen LogP contribution in [-0.2, 0) is 15.8 Å². The molecule has 0 unspecified atom stereocenters. The largest absolute Gasteiger partial charge is 0.457 e. The van der Waals surface area contributed by atoms with Crippen LogP contribution in [0.25, 0.3) is 0 Å². The van der Waals surface area contributed by atoms with Gasteiger partial charge >= 0.3 is 6.18 Å². The Morgan fingerprint density at radius 1 is 0.833 bits per heavy atom. The van der Waals surface area contributed by atoms with Crippen molar-refractivity contribution in [2.75, 3.05) is 4.90 Å². The quantitative estimate of drug-likeness (QED) is 0.800. The number of carbonyl (C=O) groups excluding carboxylic acids is 2. The van der Waals surface area contributed by atoms with Crippen molar-refractivity contribution >= 4 is 17.5 Å². The van der Waals surface area contributed by atoms with Gasteiger partial charge in [0.2, 0.25) is 0 Å². The van der Waals surface area contributed by atoms with Crippen molar-refractivity contribution in [2.45, 2.75) is 6.18 Å². The zero-order chi connectivity index (χ0) is 17.3. The molecule has 24 heavy (non-hydrogen) atoms. The van der Waals surface area contributed by atoms with Crippen LogP contribution in [0.2, 0.25) is 0 Å². The molecule has 1 aliphatic heterocycles. The van der Waals surface area contributed by atoms with Crippen molar-refractivity contribution in [3.63, 3.8) is 0 Å². The van der Waals surface area contributed by atoms with Crippen LogP contribution >= 0.6 is 0 Å². The molecular weight excluding hydrogens is 323 g/mol. The first-order chi connectivity index (χ1) is 11.4. The Morgan fingerprint density at radius 3 is 2.04 bits per heavy atom. The minimum Gasteiger partial charge on any atom is -0.457 e. The molecule has 1 aliphatic rings. The van der Waals surface area contributed by atoms with Crippen molar-refractivity contribution < 1.29 is 27.5 Å². The molecular formula is C17H10F3NO3. The van der Waals surface area contributed by atoms with Crippen molar-refractivity contribution in [3.05, 3.63) is 66.2 Å². The third-order valence-corrected chi connectivity index (χ3v) is 3.31. The molecule has 4 nitrogen and oxygen atoms in total. The second kappa shape index (κ2) is 5.84. The number of benzene rings is 2. The molecule has 2 amide bonds. The first-order valence-electron chi connectivity index (χ1n) is 6.87. The highest BCUT2D eigenvalue weighted by Gasteiger charge is 2.41. The maximum Gasteiger partial charge on any atom is 0.422 e. The normalized spacial score (nSPS) is 14.4. The predicted octanol–water partition coefficient (Wildman–Crippen LogP) is 3.93. The molecule has 2 aromatic carbocycles. The van der Waals surface area contributed by atoms with Crippen LogP contribution in [0.3, 0.4) is 0 Å². The molecule has 0 fully saturated rings. The van der Waals surface area contributed by atoms with Crippen LogP contribution in [0.15, 0.2) is 60.7 Å². The van der Waals surface area contributed by atoms with Crippen molar-refractivity contribution in [1.82, 2.24) is 0 Å². The summed E-state index contributed by atoms with van der Waals surface area (Å²) in [6.45, 7) is 0. The third-order valence-electron chi connectivity index (χ3n) is 3.31. The molecule has 0 saturated heterocycles. The summed E-state index contributed by atoms with van der Waals surface area (Å²) in [5.41, 5.74) is -1.74. The topological polar surface area (TPSA) is 46.6 Å². The molecule has 0 atom stereocenters. The Bertz CT molecular complexity index is 811. The van der Waals surface area contributed by atoms with Gasteiger partial charge in [-0.25, -0.2) is 4.90 Å². The van der Waals surface area contributed by atoms with Gasteiger partial charge in [0, 0.05) is 12.2 Å². The summed E-state index contributed by atoms with van der Waals surface area (Å²) in [5, 5.41) is 0. The summed E-state index contributed by atoms with van der Waals surface area (Å²) < 4.78 is 46.0. The molecule has 0 radical (unpaired) electrons. The van der Waals surface area contributed by atoms with E-state index in [1.54, 1.807) is 18.2 Å². The molecule has 2 aromatic rings. The maximum atomic E-state index is 13.6. The Kier molecular flexibility index (Phi) is 3.84. The lowest BCUT2D eigenvalue weighted by Crippen LogP contribution is -2.31. The van der Waals surface area contributed by atoms with Crippen molar-refractivity contribution in [3.8, 4) is 11.5 Å². The minimum absolute atomic E-state index is 0.206. The highest BCUT2D eigenvalue weighted by molar-refractivity contribution is 6.28. The summed E-state index contributed by atoms with van der Waals surface area (Å²) >= 11 is 0. The number of anilines is 1. The molecule has 122 valence electrons. The number of alkyl halides is 3. The van der Waals surface area contributed by atoms with Crippen molar-refractivity contribution in [1.29, 1.82) is 0 Å². The summed E-state index contributed by atoms with van der Waals surface area (Å²) in [6, 6.07) is 11.4. The average Bonchev–Trinajstić information content (AvgIpc) is 2.86. The fraction of sp³-hybridized carbons (Fsp3) is 0.0588. The Morgan fingerprint density at radius 2 is 1.46 bits per heavy atom. The van der Waals surface area contributed by atoms with E-state index in [1.165, 1.54) is 18.2 Å². The molecule has 0 aliphatic carbocycles. The number of amides is 2. The third kappa shape index (κ3) is 2.88. The molecule has 0 bridgehead atoms. The van der Waals surface area contributed by atoms with Gasteiger partial charge in [-0.2, -0.15) is 13.2 Å². The van der Waals surface area contributed by atoms with Crippen LogP contribution in [-0.4, -0.2) is 11.8 Å². The van der Waals surface area contributed by atoms with E-state index in [0.717, 1.165) is 24.3 Å². The summed E-state index contributed by atoms with van der Waals surface area (Å²) in [7, 11) is 0. The van der Waals surface area contributed by atoms with E-state index < -0.39 is 35.0 Å². The molecule has 0 N–H and O–H groups in total. The number of halogens is 3. The number of para-hydroxylation sites is 1. The molecule has 0 saturated carbocycles. The van der Waals surface area contributed by atoms with Gasteiger partial charge < -0.3 is 4.74 Å². The van der Waals surface area contributed by atoms with Crippen molar-refractivity contribution in [2.24, 2.45) is 0 Å². The zero-order valence-electron chi connectivity index (χ0n) is 12.1. The van der Waals surface area contributed by atoms with E-state index in [2.05, 4.69) is 0 Å². The summed E-state index contributed by atoms with van der Waals surface area (Å²) in [5.74, 6) is -1.94. The average molecular weight is 333 g/mol. The first kappa shape index (κ1) is 15.8. The van der Waals surface area contributed by atoms with Crippen LogP contribution in [0.1, 0.15) is 5.56 Å². The van der Waals surface area contributed by atoms with Gasteiger partial charge in [-0.15, -0.1) is 0 Å². The van der Waals surface area contributed by atoms with Crippen LogP contribution in [0.5, 0.6) is 11.5 Å². The number of hydrogen-bond acceptors (Lipinski definition) is 3. The molecule has 0 aromatic heterocycles. The molecule has 1 heterocycles. The van der Waals surface area contributed by atoms with Gasteiger partial charge in [-0.1, -0.05) is 24.3 Å². The van der Waals surface area contributed by atoms with Gasteiger partial charge in [0.1, 0.15) is 17.1 Å². The highest BCUT2D eigenvalue weighted by Crippen LogP contribution is 2.44. The van der Waals surface area contributed by atoms with E-state index in [0.29, 0.717) is 4.90 Å². The predicted molar refractivity (Wildman–Crippen MR) is 79.6 cm³/mol. The fourth-order valence-corrected chi connectivity index (χ4v) is 2.33. The lowest BCUT2D eigenvalue weighted by Gasteiger charge is -2.22. The van der Waals surface area contributed by atoms with Crippen LogP contribution < -0.4 is 9.64 Å². The molecule has 3 rings (SSSR count). The van der Waals surface area contributed by atoms with Gasteiger partial charge in [-0.05, 0) is 24.3 Å². The lowest BCUT2D eigenvalue weighted by molar-refractivity contribution is -0.138. The van der Waals surface area contributed by atoms with Crippen LogP contribution in [0, 0.1) is 0 Å². The summed E-state index contributed by atoms with van der Waals surface area (Å²) in [4.78, 5) is 24.0. The van der Waals surface area contributed by atoms with Gasteiger partial charge in [0.15, 0.2) is 0 Å². The summed E-state index contributed by atoms with van der Waals surface area (Å²) in [6.07, 6.45) is -2.97. The number of nitrogens with zero attached hydrogens (tertiary/aromatic N) is 1. The van der Waals surface area contributed by atoms with E-state index in [1.807, 2.05) is 0 Å². The Hall–Kier alpha value is -3.09. The van der Waals surface area contributed by atoms with Gasteiger partial charge in [0.25, 0.3) is 11.8 Å². The lowest BCUT2D eigenvalue weighted by atomic mass is 10.1. The van der Waals surface area contributed by atoms with E-state index >= 15 is 0 Å². The maximum absolute atomic E-state index is 13.6. The minimum atomic E-state index is -4.82. The highest BCUT2D eigenvalue weighted by atomic mass is 19.4. The van der Waals surface area contributed by atoms with E-state index in [9.17, 15) is 22.8 Å².